The molecule has 1 aliphatic rings. The van der Waals surface area contributed by atoms with Gasteiger partial charge in [0.2, 0.25) is 5.95 Å². The van der Waals surface area contributed by atoms with Crippen molar-refractivity contribution in [2.75, 3.05) is 26.1 Å². The van der Waals surface area contributed by atoms with Gasteiger partial charge in [-0.2, -0.15) is 0 Å². The fourth-order valence-corrected chi connectivity index (χ4v) is 3.47. The van der Waals surface area contributed by atoms with Gasteiger partial charge < -0.3 is 14.8 Å². The van der Waals surface area contributed by atoms with Gasteiger partial charge in [-0.3, -0.25) is 4.90 Å². The van der Waals surface area contributed by atoms with Crippen molar-refractivity contribution in [3.63, 3.8) is 0 Å². The van der Waals surface area contributed by atoms with E-state index in [0.29, 0.717) is 24.0 Å². The lowest BCUT2D eigenvalue weighted by Gasteiger charge is -2.28. The molecule has 0 aliphatic carbocycles. The van der Waals surface area contributed by atoms with Crippen molar-refractivity contribution in [3.05, 3.63) is 71.3 Å². The molecule has 0 saturated heterocycles. The summed E-state index contributed by atoms with van der Waals surface area (Å²) >= 11 is 0. The van der Waals surface area contributed by atoms with Crippen LogP contribution in [-0.2, 0) is 19.5 Å². The van der Waals surface area contributed by atoms with Crippen LogP contribution in [0, 0.1) is 5.82 Å². The van der Waals surface area contributed by atoms with Crippen LogP contribution in [0.3, 0.4) is 0 Å². The Hall–Kier alpha value is -3.19. The fourth-order valence-electron chi connectivity index (χ4n) is 3.47. The zero-order chi connectivity index (χ0) is 20.2. The fraction of sp³-hybridized carbons (Fsp3) is 0.273. The standard InChI is InChI=1S/C22H23FN4O2/c1-28-19-9-18(10-20(11-19)29-2)25-22-24-12-16-14-27(7-6-21(16)26-22)13-15-4-3-5-17(23)8-15/h3-5,8-12H,6-7,13-14H2,1-2H3,(H,24,25,26). The van der Waals surface area contributed by atoms with E-state index in [1.54, 1.807) is 26.4 Å². The van der Waals surface area contributed by atoms with Crippen LogP contribution < -0.4 is 14.8 Å². The van der Waals surface area contributed by atoms with Gasteiger partial charge in [-0.15, -0.1) is 0 Å². The molecule has 4 rings (SSSR count). The van der Waals surface area contributed by atoms with Crippen LogP contribution in [-0.4, -0.2) is 35.6 Å². The Bertz CT molecular complexity index is 990. The molecule has 1 aromatic heterocycles. The Balaban J connectivity index is 1.46. The first-order chi connectivity index (χ1) is 14.1. The lowest BCUT2D eigenvalue weighted by molar-refractivity contribution is 0.242. The lowest BCUT2D eigenvalue weighted by atomic mass is 10.1. The Morgan fingerprint density at radius 1 is 1.10 bits per heavy atom. The maximum Gasteiger partial charge on any atom is 0.227 e. The molecule has 0 unspecified atom stereocenters. The Morgan fingerprint density at radius 3 is 2.62 bits per heavy atom. The molecule has 0 saturated carbocycles. The maximum absolute atomic E-state index is 13.4. The topological polar surface area (TPSA) is 59.5 Å². The van der Waals surface area contributed by atoms with Gasteiger partial charge in [0, 0.05) is 61.7 Å². The lowest BCUT2D eigenvalue weighted by Crippen LogP contribution is -2.31. The molecule has 6 nitrogen and oxygen atoms in total. The third-order valence-corrected chi connectivity index (χ3v) is 4.92. The second-order valence-electron chi connectivity index (χ2n) is 6.98. The number of hydrogen-bond acceptors (Lipinski definition) is 6. The van der Waals surface area contributed by atoms with Crippen LogP contribution in [0.1, 0.15) is 16.8 Å². The summed E-state index contributed by atoms with van der Waals surface area (Å²) in [4.78, 5) is 11.4. The van der Waals surface area contributed by atoms with E-state index in [-0.39, 0.29) is 5.82 Å². The zero-order valence-electron chi connectivity index (χ0n) is 16.5. The predicted molar refractivity (Wildman–Crippen MR) is 109 cm³/mol. The molecule has 7 heteroatoms. The molecule has 2 heterocycles. The van der Waals surface area contributed by atoms with Crippen LogP contribution >= 0.6 is 0 Å². The zero-order valence-corrected chi connectivity index (χ0v) is 16.5. The molecule has 0 atom stereocenters. The maximum atomic E-state index is 13.4. The van der Waals surface area contributed by atoms with E-state index in [4.69, 9.17) is 9.47 Å². The van der Waals surface area contributed by atoms with Crippen LogP contribution in [0.2, 0.25) is 0 Å². The van der Waals surface area contributed by atoms with E-state index >= 15 is 0 Å². The highest BCUT2D eigenvalue weighted by Crippen LogP contribution is 2.28. The first kappa shape index (κ1) is 19.1. The Kier molecular flexibility index (Phi) is 5.57. The van der Waals surface area contributed by atoms with Crippen molar-refractivity contribution in [1.82, 2.24) is 14.9 Å². The van der Waals surface area contributed by atoms with E-state index in [9.17, 15) is 4.39 Å². The molecular formula is C22H23FN4O2. The van der Waals surface area contributed by atoms with Crippen molar-refractivity contribution < 1.29 is 13.9 Å². The molecule has 2 aromatic carbocycles. The quantitative estimate of drug-likeness (QED) is 0.684. The highest BCUT2D eigenvalue weighted by molar-refractivity contribution is 5.59. The van der Waals surface area contributed by atoms with E-state index in [1.165, 1.54) is 6.07 Å². The average molecular weight is 394 g/mol. The summed E-state index contributed by atoms with van der Waals surface area (Å²) in [6.07, 6.45) is 2.68. The largest absolute Gasteiger partial charge is 0.497 e. The van der Waals surface area contributed by atoms with Crippen molar-refractivity contribution in [2.45, 2.75) is 19.5 Å². The van der Waals surface area contributed by atoms with E-state index in [2.05, 4.69) is 20.2 Å². The summed E-state index contributed by atoms with van der Waals surface area (Å²) in [6.45, 7) is 2.33. The van der Waals surface area contributed by atoms with Gasteiger partial charge in [0.15, 0.2) is 0 Å². The molecular weight excluding hydrogens is 371 g/mol. The molecule has 1 aliphatic heterocycles. The van der Waals surface area contributed by atoms with Gasteiger partial charge >= 0.3 is 0 Å². The van der Waals surface area contributed by atoms with Crippen molar-refractivity contribution >= 4 is 11.6 Å². The van der Waals surface area contributed by atoms with Gasteiger partial charge in [-0.25, -0.2) is 14.4 Å². The van der Waals surface area contributed by atoms with E-state index in [0.717, 1.165) is 42.0 Å². The number of anilines is 2. The summed E-state index contributed by atoms with van der Waals surface area (Å²) < 4.78 is 24.0. The summed E-state index contributed by atoms with van der Waals surface area (Å²) in [5, 5.41) is 3.22. The number of nitrogens with zero attached hydrogens (tertiary/aromatic N) is 3. The number of aromatic nitrogens is 2. The Labute approximate surface area is 169 Å². The van der Waals surface area contributed by atoms with Gasteiger partial charge in [-0.1, -0.05) is 12.1 Å². The molecule has 1 N–H and O–H groups in total. The van der Waals surface area contributed by atoms with Crippen LogP contribution in [0.25, 0.3) is 0 Å². The summed E-state index contributed by atoms with van der Waals surface area (Å²) in [7, 11) is 3.23. The number of rotatable bonds is 6. The highest BCUT2D eigenvalue weighted by Gasteiger charge is 2.19. The number of methoxy groups -OCH3 is 2. The summed E-state index contributed by atoms with van der Waals surface area (Å²) in [6, 6.07) is 12.3. The van der Waals surface area contributed by atoms with Gasteiger partial charge in [-0.05, 0) is 17.7 Å². The minimum atomic E-state index is -0.201. The number of nitrogens with one attached hydrogen (secondary N) is 1. The molecule has 3 aromatic rings. The van der Waals surface area contributed by atoms with Gasteiger partial charge in [0.1, 0.15) is 17.3 Å². The Morgan fingerprint density at radius 2 is 1.90 bits per heavy atom. The summed E-state index contributed by atoms with van der Waals surface area (Å²) in [5.41, 5.74) is 3.90. The third-order valence-electron chi connectivity index (χ3n) is 4.92. The third kappa shape index (κ3) is 4.63. The van der Waals surface area contributed by atoms with Crippen LogP contribution in [0.4, 0.5) is 16.0 Å². The molecule has 150 valence electrons. The molecule has 0 amide bonds. The molecule has 0 radical (unpaired) electrons. The smallest absolute Gasteiger partial charge is 0.227 e. The highest BCUT2D eigenvalue weighted by atomic mass is 19.1. The van der Waals surface area contributed by atoms with Crippen molar-refractivity contribution in [1.29, 1.82) is 0 Å². The first-order valence-electron chi connectivity index (χ1n) is 9.44. The minimum absolute atomic E-state index is 0.201. The predicted octanol–water partition coefficient (Wildman–Crippen LogP) is 3.93. The first-order valence-corrected chi connectivity index (χ1v) is 9.44. The number of fused-ring (bicyclic) bond motifs is 1. The van der Waals surface area contributed by atoms with E-state index < -0.39 is 0 Å². The SMILES string of the molecule is COc1cc(Nc2ncc3c(n2)CCN(Cc2cccc(F)c2)C3)cc(OC)c1. The second-order valence-corrected chi connectivity index (χ2v) is 6.98. The number of halogens is 1. The molecule has 0 fully saturated rings. The van der Waals surface area contributed by atoms with Crippen LogP contribution in [0.15, 0.2) is 48.7 Å². The minimum Gasteiger partial charge on any atom is -0.497 e. The van der Waals surface area contributed by atoms with Gasteiger partial charge in [0.25, 0.3) is 0 Å². The average Bonchev–Trinajstić information content (AvgIpc) is 2.73. The molecule has 29 heavy (non-hydrogen) atoms. The normalized spacial score (nSPS) is 13.6. The van der Waals surface area contributed by atoms with E-state index in [1.807, 2.05) is 30.5 Å². The number of ether oxygens (including phenoxy) is 2. The molecule has 0 bridgehead atoms. The monoisotopic (exact) mass is 394 g/mol. The second kappa shape index (κ2) is 8.45. The number of benzene rings is 2. The van der Waals surface area contributed by atoms with Crippen molar-refractivity contribution in [2.24, 2.45) is 0 Å². The molecule has 0 spiro atoms. The summed E-state index contributed by atoms with van der Waals surface area (Å²) in [5.74, 6) is 1.72. The van der Waals surface area contributed by atoms with Crippen molar-refractivity contribution in [3.8, 4) is 11.5 Å². The number of hydrogen-bond donors (Lipinski definition) is 1. The van der Waals surface area contributed by atoms with Crippen LogP contribution in [0.5, 0.6) is 11.5 Å². The van der Waals surface area contributed by atoms with Gasteiger partial charge in [0.05, 0.1) is 19.9 Å².